The highest BCUT2D eigenvalue weighted by Gasteiger charge is 2.52. The summed E-state index contributed by atoms with van der Waals surface area (Å²) < 4.78 is 1.45. The molecular weight excluding hydrogens is 357 g/mol. The van der Waals surface area contributed by atoms with Crippen LogP contribution < -0.4 is 4.90 Å². The van der Waals surface area contributed by atoms with E-state index in [9.17, 15) is 5.11 Å². The van der Waals surface area contributed by atoms with Gasteiger partial charge in [-0.15, -0.1) is 22.7 Å². The average molecular weight is 375 g/mol. The van der Waals surface area contributed by atoms with Crippen LogP contribution >= 0.6 is 45.9 Å². The molecular formula is C16H18Cl2NOS2+. The third-order valence-electron chi connectivity index (χ3n) is 5.25. The van der Waals surface area contributed by atoms with Crippen LogP contribution in [0.1, 0.15) is 22.6 Å². The summed E-state index contributed by atoms with van der Waals surface area (Å²) in [5.74, 6) is 0.832. The predicted molar refractivity (Wildman–Crippen MR) is 93.4 cm³/mol. The maximum atomic E-state index is 11.8. The normalized spacial score (nSPS) is 28.2. The molecule has 3 fully saturated rings. The monoisotopic (exact) mass is 374 g/mol. The molecule has 2 aromatic rings. The molecule has 2 N–H and O–H groups in total. The highest BCUT2D eigenvalue weighted by Crippen LogP contribution is 2.48. The number of quaternary nitrogens is 1. The molecule has 0 radical (unpaired) electrons. The van der Waals surface area contributed by atoms with E-state index in [2.05, 4.69) is 0 Å². The molecule has 2 bridgehead atoms. The molecule has 2 nitrogen and oxygen atoms in total. The standard InChI is InChI=1S/C16H17Cl2NOS2/c17-14-3-1-12(21-14)16(20,13-2-4-15(18)22-13)11-9-19-7-5-10(11)6-8-19/h1-4,10-11,20H,5-9H2/p+1/t11-/m1/s1. The van der Waals surface area contributed by atoms with E-state index in [1.807, 2.05) is 24.3 Å². The van der Waals surface area contributed by atoms with Crippen molar-refractivity contribution < 1.29 is 10.0 Å². The minimum absolute atomic E-state index is 0.245. The Balaban J connectivity index is 1.81. The molecule has 0 spiro atoms. The number of hydrogen-bond acceptors (Lipinski definition) is 3. The molecule has 6 heteroatoms. The van der Waals surface area contributed by atoms with Crippen molar-refractivity contribution in [2.75, 3.05) is 19.6 Å². The van der Waals surface area contributed by atoms with Gasteiger partial charge in [0, 0.05) is 22.6 Å². The molecule has 2 aromatic heterocycles. The molecule has 3 aliphatic heterocycles. The number of aliphatic hydroxyl groups is 1. The Hall–Kier alpha value is -0.100. The van der Waals surface area contributed by atoms with Gasteiger partial charge in [0.25, 0.3) is 0 Å². The van der Waals surface area contributed by atoms with Gasteiger partial charge in [0.2, 0.25) is 0 Å². The van der Waals surface area contributed by atoms with Gasteiger partial charge in [-0.25, -0.2) is 0 Å². The highest BCUT2D eigenvalue weighted by atomic mass is 35.5. The first-order chi connectivity index (χ1) is 10.6. The van der Waals surface area contributed by atoms with Crippen LogP contribution in [0.2, 0.25) is 8.67 Å². The lowest BCUT2D eigenvalue weighted by Gasteiger charge is -2.48. The molecule has 5 rings (SSSR count). The average Bonchev–Trinajstić information content (AvgIpc) is 3.17. The molecule has 118 valence electrons. The van der Waals surface area contributed by atoms with Crippen LogP contribution in [0.4, 0.5) is 0 Å². The Morgan fingerprint density at radius 1 is 1.00 bits per heavy atom. The summed E-state index contributed by atoms with van der Waals surface area (Å²) in [5, 5.41) is 11.8. The number of rotatable bonds is 3. The predicted octanol–water partition coefficient (Wildman–Crippen LogP) is 3.28. The molecule has 5 heterocycles. The molecule has 3 aliphatic rings. The van der Waals surface area contributed by atoms with E-state index in [4.69, 9.17) is 23.2 Å². The van der Waals surface area contributed by atoms with Gasteiger partial charge in [0.05, 0.1) is 34.2 Å². The van der Waals surface area contributed by atoms with E-state index < -0.39 is 5.60 Å². The minimum Gasteiger partial charge on any atom is -0.378 e. The highest BCUT2D eigenvalue weighted by molar-refractivity contribution is 7.17. The van der Waals surface area contributed by atoms with Gasteiger partial charge in [-0.1, -0.05) is 23.2 Å². The Morgan fingerprint density at radius 3 is 1.91 bits per heavy atom. The summed E-state index contributed by atoms with van der Waals surface area (Å²) in [5.41, 5.74) is -0.952. The SMILES string of the molecule is OC(c1ccc(Cl)s1)(c1ccc(Cl)s1)[C@@H]1C[NH+]2CCC1CC2. The van der Waals surface area contributed by atoms with E-state index in [1.165, 1.54) is 48.6 Å². The van der Waals surface area contributed by atoms with Crippen molar-refractivity contribution in [3.8, 4) is 0 Å². The van der Waals surface area contributed by atoms with Crippen molar-refractivity contribution in [2.24, 2.45) is 11.8 Å². The Kier molecular flexibility index (Phi) is 4.04. The second-order valence-electron chi connectivity index (χ2n) is 6.37. The van der Waals surface area contributed by atoms with E-state index in [-0.39, 0.29) is 5.92 Å². The van der Waals surface area contributed by atoms with Gasteiger partial charge in [0.1, 0.15) is 5.60 Å². The van der Waals surface area contributed by atoms with Crippen LogP contribution in [0.5, 0.6) is 0 Å². The summed E-state index contributed by atoms with van der Waals surface area (Å²) in [4.78, 5) is 3.53. The number of fused-ring (bicyclic) bond motifs is 3. The molecule has 0 aromatic carbocycles. The first-order valence-electron chi connectivity index (χ1n) is 7.65. The number of halogens is 2. The molecule has 0 amide bonds. The number of hydrogen-bond donors (Lipinski definition) is 2. The van der Waals surface area contributed by atoms with Crippen LogP contribution in [-0.4, -0.2) is 24.7 Å². The van der Waals surface area contributed by atoms with Crippen molar-refractivity contribution in [3.63, 3.8) is 0 Å². The van der Waals surface area contributed by atoms with Crippen LogP contribution in [0, 0.1) is 11.8 Å². The van der Waals surface area contributed by atoms with Crippen molar-refractivity contribution in [1.82, 2.24) is 0 Å². The first-order valence-corrected chi connectivity index (χ1v) is 10.0. The molecule has 0 unspecified atom stereocenters. The van der Waals surface area contributed by atoms with E-state index in [0.29, 0.717) is 5.92 Å². The first kappa shape index (κ1) is 15.4. The molecule has 3 saturated heterocycles. The Labute approximate surface area is 148 Å². The molecule has 0 aliphatic carbocycles. The van der Waals surface area contributed by atoms with Gasteiger partial charge in [-0.3, -0.25) is 0 Å². The van der Waals surface area contributed by atoms with Crippen LogP contribution in [-0.2, 0) is 5.60 Å². The Bertz CT molecular complexity index is 635. The van der Waals surface area contributed by atoms with Crippen LogP contribution in [0.25, 0.3) is 0 Å². The largest absolute Gasteiger partial charge is 0.378 e. The van der Waals surface area contributed by atoms with Crippen LogP contribution in [0.3, 0.4) is 0 Å². The van der Waals surface area contributed by atoms with Crippen molar-refractivity contribution >= 4 is 45.9 Å². The molecule has 22 heavy (non-hydrogen) atoms. The van der Waals surface area contributed by atoms with Crippen molar-refractivity contribution in [1.29, 1.82) is 0 Å². The summed E-state index contributed by atoms with van der Waals surface area (Å²) in [6, 6.07) is 7.73. The van der Waals surface area contributed by atoms with Gasteiger partial charge in [-0.2, -0.15) is 0 Å². The zero-order valence-corrected chi connectivity index (χ0v) is 15.2. The molecule has 1 atom stereocenters. The number of thiophene rings is 2. The van der Waals surface area contributed by atoms with E-state index in [0.717, 1.165) is 25.0 Å². The lowest BCUT2D eigenvalue weighted by molar-refractivity contribution is -0.922. The van der Waals surface area contributed by atoms with E-state index in [1.54, 1.807) is 4.90 Å². The zero-order valence-electron chi connectivity index (χ0n) is 12.0. The summed E-state index contributed by atoms with van der Waals surface area (Å²) in [6.07, 6.45) is 2.42. The lowest BCUT2D eigenvalue weighted by atomic mass is 9.69. The second kappa shape index (κ2) is 5.76. The second-order valence-corrected chi connectivity index (χ2v) is 9.80. The van der Waals surface area contributed by atoms with Gasteiger partial charge in [-0.05, 0) is 30.2 Å². The van der Waals surface area contributed by atoms with Crippen LogP contribution in [0.15, 0.2) is 24.3 Å². The fourth-order valence-electron chi connectivity index (χ4n) is 4.15. The van der Waals surface area contributed by atoms with Crippen molar-refractivity contribution in [3.05, 3.63) is 42.7 Å². The fourth-order valence-corrected chi connectivity index (χ4v) is 6.63. The number of nitrogens with one attached hydrogen (secondary N) is 1. The summed E-state index contributed by atoms with van der Waals surface area (Å²) >= 11 is 15.3. The lowest BCUT2D eigenvalue weighted by Crippen LogP contribution is -3.16. The third-order valence-corrected chi connectivity index (χ3v) is 7.96. The maximum Gasteiger partial charge on any atom is 0.141 e. The molecule has 0 saturated carbocycles. The fraction of sp³-hybridized carbons (Fsp3) is 0.500. The van der Waals surface area contributed by atoms with Gasteiger partial charge < -0.3 is 10.0 Å². The number of piperidine rings is 3. The summed E-state index contributed by atoms with van der Waals surface area (Å²) in [6.45, 7) is 3.52. The van der Waals surface area contributed by atoms with Crippen molar-refractivity contribution in [2.45, 2.75) is 18.4 Å². The topological polar surface area (TPSA) is 24.7 Å². The third kappa shape index (κ3) is 2.45. The van der Waals surface area contributed by atoms with E-state index >= 15 is 0 Å². The Morgan fingerprint density at radius 2 is 1.55 bits per heavy atom. The van der Waals surface area contributed by atoms with Gasteiger partial charge >= 0.3 is 0 Å². The minimum atomic E-state index is -0.952. The quantitative estimate of drug-likeness (QED) is 0.846. The smallest absolute Gasteiger partial charge is 0.141 e. The van der Waals surface area contributed by atoms with Gasteiger partial charge in [0.15, 0.2) is 0 Å². The summed E-state index contributed by atoms with van der Waals surface area (Å²) in [7, 11) is 0. The maximum absolute atomic E-state index is 11.8. The zero-order chi connectivity index (χ0) is 15.3.